The van der Waals surface area contributed by atoms with Crippen LogP contribution in [-0.4, -0.2) is 27.4 Å². The number of amides is 1. The Morgan fingerprint density at radius 3 is 2.88 bits per heavy atom. The van der Waals surface area contributed by atoms with Gasteiger partial charge in [0.15, 0.2) is 11.0 Å². The molecule has 17 heavy (non-hydrogen) atoms. The minimum Gasteiger partial charge on any atom is -0.440 e. The summed E-state index contributed by atoms with van der Waals surface area (Å²) in [6.45, 7) is 0.417. The molecule has 0 saturated heterocycles. The van der Waals surface area contributed by atoms with E-state index >= 15 is 0 Å². The molecule has 2 aromatic rings. The number of imidazole rings is 1. The van der Waals surface area contributed by atoms with Gasteiger partial charge in [-0.05, 0) is 23.7 Å². The maximum Gasteiger partial charge on any atom is 0.289 e. The molecule has 0 aromatic carbocycles. The zero-order chi connectivity index (χ0) is 12.4. The monoisotopic (exact) mass is 253 g/mol. The van der Waals surface area contributed by atoms with Crippen molar-refractivity contribution in [2.24, 2.45) is 7.05 Å². The summed E-state index contributed by atoms with van der Waals surface area (Å²) >= 11 is 5.62. The van der Waals surface area contributed by atoms with Crippen LogP contribution in [0.15, 0.2) is 28.9 Å². The van der Waals surface area contributed by atoms with E-state index in [1.807, 2.05) is 17.8 Å². The van der Waals surface area contributed by atoms with E-state index in [-0.39, 0.29) is 16.9 Å². The smallest absolute Gasteiger partial charge is 0.289 e. The van der Waals surface area contributed by atoms with Gasteiger partial charge in [-0.25, -0.2) is 4.98 Å². The molecule has 0 radical (unpaired) electrons. The van der Waals surface area contributed by atoms with Crippen LogP contribution in [0, 0.1) is 0 Å². The number of nitrogens with zero attached hydrogens (tertiary/aromatic N) is 3. The van der Waals surface area contributed by atoms with Gasteiger partial charge in [0.05, 0.1) is 6.54 Å². The average molecular weight is 254 g/mol. The van der Waals surface area contributed by atoms with Gasteiger partial charge < -0.3 is 13.9 Å². The van der Waals surface area contributed by atoms with Crippen molar-refractivity contribution >= 4 is 17.5 Å². The van der Waals surface area contributed by atoms with E-state index in [9.17, 15) is 4.79 Å². The highest BCUT2D eigenvalue weighted by atomic mass is 35.5. The molecular weight excluding hydrogens is 242 g/mol. The number of furan rings is 1. The average Bonchev–Trinajstić information content (AvgIpc) is 2.88. The molecule has 90 valence electrons. The van der Waals surface area contributed by atoms with Crippen LogP contribution in [0.1, 0.15) is 16.4 Å². The first kappa shape index (κ1) is 11.7. The summed E-state index contributed by atoms with van der Waals surface area (Å²) in [6, 6.07) is 3.10. The highest BCUT2D eigenvalue weighted by molar-refractivity contribution is 6.29. The molecule has 0 fully saturated rings. The number of hydrogen-bond acceptors (Lipinski definition) is 3. The maximum atomic E-state index is 11.9. The Kier molecular flexibility index (Phi) is 3.19. The summed E-state index contributed by atoms with van der Waals surface area (Å²) < 4.78 is 6.92. The Bertz CT molecular complexity index is 532. The molecule has 6 heteroatoms. The molecule has 0 aliphatic heterocycles. The van der Waals surface area contributed by atoms with Gasteiger partial charge in [-0.3, -0.25) is 4.79 Å². The molecule has 0 atom stereocenters. The van der Waals surface area contributed by atoms with Crippen molar-refractivity contribution in [3.05, 3.63) is 41.3 Å². The van der Waals surface area contributed by atoms with E-state index in [0.29, 0.717) is 6.54 Å². The Labute approximate surface area is 104 Å². The Hall–Kier alpha value is -1.75. The minimum absolute atomic E-state index is 0.207. The number of aromatic nitrogens is 2. The van der Waals surface area contributed by atoms with Gasteiger partial charge in [-0.2, -0.15) is 0 Å². The molecule has 2 rings (SSSR count). The molecule has 0 unspecified atom stereocenters. The van der Waals surface area contributed by atoms with Crippen LogP contribution in [0.2, 0.25) is 5.22 Å². The molecule has 2 aromatic heterocycles. The largest absolute Gasteiger partial charge is 0.440 e. The van der Waals surface area contributed by atoms with Gasteiger partial charge in [0, 0.05) is 26.5 Å². The van der Waals surface area contributed by atoms with Crippen molar-refractivity contribution in [1.29, 1.82) is 0 Å². The maximum absolute atomic E-state index is 11.9. The highest BCUT2D eigenvalue weighted by Gasteiger charge is 2.17. The van der Waals surface area contributed by atoms with Gasteiger partial charge in [0.1, 0.15) is 5.82 Å². The van der Waals surface area contributed by atoms with Gasteiger partial charge in [0.2, 0.25) is 0 Å². The van der Waals surface area contributed by atoms with Crippen molar-refractivity contribution in [2.75, 3.05) is 7.05 Å². The molecular formula is C11H12ClN3O2. The third kappa shape index (κ3) is 2.50. The second-order valence-electron chi connectivity index (χ2n) is 3.72. The molecule has 5 nitrogen and oxygen atoms in total. The Balaban J connectivity index is 2.08. The van der Waals surface area contributed by atoms with Crippen LogP contribution >= 0.6 is 11.6 Å². The van der Waals surface area contributed by atoms with Crippen LogP contribution in [0.25, 0.3) is 0 Å². The van der Waals surface area contributed by atoms with Gasteiger partial charge >= 0.3 is 0 Å². The van der Waals surface area contributed by atoms with Crippen LogP contribution in [0.4, 0.5) is 0 Å². The normalized spacial score (nSPS) is 10.5. The molecule has 0 bridgehead atoms. The van der Waals surface area contributed by atoms with Crippen molar-refractivity contribution in [1.82, 2.24) is 14.5 Å². The molecule has 0 aliphatic rings. The first-order chi connectivity index (χ1) is 8.08. The SMILES string of the molecule is CN(Cc1nccn1C)C(=O)c1ccc(Cl)o1. The van der Waals surface area contributed by atoms with E-state index in [4.69, 9.17) is 16.0 Å². The van der Waals surface area contributed by atoms with E-state index in [2.05, 4.69) is 4.98 Å². The van der Waals surface area contributed by atoms with E-state index in [1.54, 1.807) is 25.4 Å². The lowest BCUT2D eigenvalue weighted by Crippen LogP contribution is -2.27. The predicted molar refractivity (Wildman–Crippen MR) is 62.7 cm³/mol. The quantitative estimate of drug-likeness (QED) is 0.840. The number of aryl methyl sites for hydroxylation is 1. The standard InChI is InChI=1S/C11H12ClN3O2/c1-14-6-5-13-10(14)7-15(2)11(16)8-3-4-9(12)17-8/h3-6H,7H2,1-2H3. The topological polar surface area (TPSA) is 51.3 Å². The molecule has 0 N–H and O–H groups in total. The van der Waals surface area contributed by atoms with Crippen molar-refractivity contribution < 1.29 is 9.21 Å². The molecule has 0 aliphatic carbocycles. The van der Waals surface area contributed by atoms with Crippen LogP contribution in [0.5, 0.6) is 0 Å². The summed E-state index contributed by atoms with van der Waals surface area (Å²) in [6.07, 6.45) is 3.52. The zero-order valence-corrected chi connectivity index (χ0v) is 10.3. The van der Waals surface area contributed by atoms with Gasteiger partial charge in [0.25, 0.3) is 5.91 Å². The zero-order valence-electron chi connectivity index (χ0n) is 9.55. The Morgan fingerprint density at radius 1 is 1.59 bits per heavy atom. The summed E-state index contributed by atoms with van der Waals surface area (Å²) in [5.74, 6) is 0.810. The lowest BCUT2D eigenvalue weighted by molar-refractivity contribution is 0.0749. The summed E-state index contributed by atoms with van der Waals surface area (Å²) in [7, 11) is 3.57. The first-order valence-electron chi connectivity index (χ1n) is 5.05. The first-order valence-corrected chi connectivity index (χ1v) is 5.42. The molecule has 0 saturated carbocycles. The number of carbonyl (C=O) groups excluding carboxylic acids is 1. The third-order valence-electron chi connectivity index (χ3n) is 2.43. The number of hydrogen-bond donors (Lipinski definition) is 0. The van der Waals surface area contributed by atoms with E-state index in [1.165, 1.54) is 4.90 Å². The highest BCUT2D eigenvalue weighted by Crippen LogP contribution is 2.15. The number of rotatable bonds is 3. The van der Waals surface area contributed by atoms with Crippen LogP contribution in [-0.2, 0) is 13.6 Å². The summed E-state index contributed by atoms with van der Waals surface area (Å²) in [4.78, 5) is 17.6. The van der Waals surface area contributed by atoms with E-state index < -0.39 is 0 Å². The number of carbonyl (C=O) groups is 1. The fourth-order valence-corrected chi connectivity index (χ4v) is 1.60. The van der Waals surface area contributed by atoms with Crippen molar-refractivity contribution in [3.63, 3.8) is 0 Å². The molecule has 2 heterocycles. The predicted octanol–water partition coefficient (Wildman–Crippen LogP) is 1.94. The minimum atomic E-state index is -0.222. The van der Waals surface area contributed by atoms with Gasteiger partial charge in [-0.15, -0.1) is 0 Å². The second kappa shape index (κ2) is 4.63. The van der Waals surface area contributed by atoms with Crippen LogP contribution in [0.3, 0.4) is 0 Å². The Morgan fingerprint density at radius 2 is 2.35 bits per heavy atom. The fourth-order valence-electron chi connectivity index (χ4n) is 1.45. The van der Waals surface area contributed by atoms with Crippen molar-refractivity contribution in [2.45, 2.75) is 6.54 Å². The van der Waals surface area contributed by atoms with Gasteiger partial charge in [-0.1, -0.05) is 0 Å². The third-order valence-corrected chi connectivity index (χ3v) is 2.63. The molecule has 1 amide bonds. The number of halogens is 1. The lowest BCUT2D eigenvalue weighted by Gasteiger charge is -2.15. The second-order valence-corrected chi connectivity index (χ2v) is 4.09. The summed E-state index contributed by atoms with van der Waals surface area (Å²) in [5, 5.41) is 0.207. The van der Waals surface area contributed by atoms with E-state index in [0.717, 1.165) is 5.82 Å². The fraction of sp³-hybridized carbons (Fsp3) is 0.273. The summed E-state index contributed by atoms with van der Waals surface area (Å²) in [5.41, 5.74) is 0. The van der Waals surface area contributed by atoms with Crippen molar-refractivity contribution in [3.8, 4) is 0 Å². The van der Waals surface area contributed by atoms with Crippen LogP contribution < -0.4 is 0 Å². The molecule has 0 spiro atoms. The lowest BCUT2D eigenvalue weighted by atomic mass is 10.4.